The van der Waals surface area contributed by atoms with Gasteiger partial charge in [-0.2, -0.15) is 5.26 Å². The van der Waals surface area contributed by atoms with Gasteiger partial charge in [0.15, 0.2) is 11.5 Å². The molecule has 2 aromatic carbocycles. The van der Waals surface area contributed by atoms with Crippen LogP contribution in [0.4, 0.5) is 5.69 Å². The minimum absolute atomic E-state index is 0.0718. The third kappa shape index (κ3) is 4.09. The molecule has 0 unspecified atom stereocenters. The van der Waals surface area contributed by atoms with Crippen molar-refractivity contribution in [2.75, 3.05) is 26.6 Å². The maximum absolute atomic E-state index is 12.4. The molecule has 128 valence electrons. The summed E-state index contributed by atoms with van der Waals surface area (Å²) in [4.78, 5) is 12.4. The summed E-state index contributed by atoms with van der Waals surface area (Å²) in [6, 6.07) is 14.1. The highest BCUT2D eigenvalue weighted by Gasteiger charge is 2.14. The Morgan fingerprint density at radius 2 is 1.68 bits per heavy atom. The Hall–Kier alpha value is -3.46. The van der Waals surface area contributed by atoms with Gasteiger partial charge in [0.1, 0.15) is 17.4 Å². The summed E-state index contributed by atoms with van der Waals surface area (Å²) in [6.07, 6.45) is 1.45. The highest BCUT2D eigenvalue weighted by molar-refractivity contribution is 6.10. The van der Waals surface area contributed by atoms with Crippen LogP contribution >= 0.6 is 0 Å². The van der Waals surface area contributed by atoms with Gasteiger partial charge in [0, 0.05) is 5.56 Å². The van der Waals surface area contributed by atoms with E-state index in [2.05, 4.69) is 5.32 Å². The van der Waals surface area contributed by atoms with Gasteiger partial charge in [0.05, 0.1) is 27.0 Å². The molecule has 2 rings (SSSR count). The first kappa shape index (κ1) is 17.9. The van der Waals surface area contributed by atoms with E-state index in [0.717, 1.165) is 0 Å². The number of methoxy groups -OCH3 is 3. The lowest BCUT2D eigenvalue weighted by molar-refractivity contribution is -0.112. The molecular weight excluding hydrogens is 320 g/mol. The lowest BCUT2D eigenvalue weighted by Gasteiger charge is -2.11. The molecular formula is C19H18N2O4. The molecule has 0 bridgehead atoms. The van der Waals surface area contributed by atoms with Crippen LogP contribution in [-0.2, 0) is 4.79 Å². The van der Waals surface area contributed by atoms with Crippen molar-refractivity contribution in [2.45, 2.75) is 0 Å². The molecule has 0 heterocycles. The largest absolute Gasteiger partial charge is 0.495 e. The third-order valence-electron chi connectivity index (χ3n) is 3.45. The Morgan fingerprint density at radius 3 is 2.32 bits per heavy atom. The molecule has 0 atom stereocenters. The van der Waals surface area contributed by atoms with Gasteiger partial charge in [-0.05, 0) is 24.3 Å². The quantitative estimate of drug-likeness (QED) is 0.646. The lowest BCUT2D eigenvalue weighted by Crippen LogP contribution is -2.14. The van der Waals surface area contributed by atoms with Gasteiger partial charge < -0.3 is 19.5 Å². The SMILES string of the molecule is COc1ccccc1NC(=O)/C(C#N)=C/c1cccc(OC)c1OC. The van der Waals surface area contributed by atoms with Crippen LogP contribution < -0.4 is 19.5 Å². The summed E-state index contributed by atoms with van der Waals surface area (Å²) >= 11 is 0. The van der Waals surface area contributed by atoms with Gasteiger partial charge >= 0.3 is 0 Å². The molecule has 0 fully saturated rings. The smallest absolute Gasteiger partial charge is 0.266 e. The molecule has 2 aromatic rings. The number of carbonyl (C=O) groups is 1. The highest BCUT2D eigenvalue weighted by Crippen LogP contribution is 2.32. The molecule has 0 aliphatic carbocycles. The molecule has 0 saturated carbocycles. The summed E-state index contributed by atoms with van der Waals surface area (Å²) in [5.41, 5.74) is 0.972. The fourth-order valence-electron chi connectivity index (χ4n) is 2.27. The average Bonchev–Trinajstić information content (AvgIpc) is 2.65. The van der Waals surface area contributed by atoms with E-state index in [0.29, 0.717) is 28.5 Å². The Kier molecular flexibility index (Phi) is 6.02. The second-order valence-electron chi connectivity index (χ2n) is 4.91. The fourth-order valence-corrected chi connectivity index (χ4v) is 2.27. The number of anilines is 1. The number of ether oxygens (including phenoxy) is 3. The minimum atomic E-state index is -0.545. The number of para-hydroxylation sites is 3. The molecule has 0 aromatic heterocycles. The van der Waals surface area contributed by atoms with E-state index in [1.807, 2.05) is 6.07 Å². The van der Waals surface area contributed by atoms with Crippen LogP contribution in [0.2, 0.25) is 0 Å². The van der Waals surface area contributed by atoms with Crippen molar-refractivity contribution in [3.05, 3.63) is 53.6 Å². The van der Waals surface area contributed by atoms with Gasteiger partial charge in [-0.3, -0.25) is 4.79 Å². The number of hydrogen-bond acceptors (Lipinski definition) is 5. The monoisotopic (exact) mass is 338 g/mol. The van der Waals surface area contributed by atoms with Crippen molar-refractivity contribution in [3.63, 3.8) is 0 Å². The van der Waals surface area contributed by atoms with Gasteiger partial charge in [-0.25, -0.2) is 0 Å². The Labute approximate surface area is 146 Å². The van der Waals surface area contributed by atoms with E-state index in [1.165, 1.54) is 27.4 Å². The van der Waals surface area contributed by atoms with E-state index in [-0.39, 0.29) is 5.57 Å². The zero-order valence-corrected chi connectivity index (χ0v) is 14.2. The van der Waals surface area contributed by atoms with Gasteiger partial charge in [-0.15, -0.1) is 0 Å². The average molecular weight is 338 g/mol. The number of benzene rings is 2. The molecule has 1 amide bonds. The molecule has 6 nitrogen and oxygen atoms in total. The van der Waals surface area contributed by atoms with Crippen molar-refractivity contribution in [1.29, 1.82) is 5.26 Å². The molecule has 6 heteroatoms. The number of nitriles is 1. The minimum Gasteiger partial charge on any atom is -0.495 e. The molecule has 0 aliphatic rings. The van der Waals surface area contributed by atoms with Crippen LogP contribution in [0, 0.1) is 11.3 Å². The maximum atomic E-state index is 12.4. The third-order valence-corrected chi connectivity index (χ3v) is 3.45. The first-order valence-corrected chi connectivity index (χ1v) is 7.41. The van der Waals surface area contributed by atoms with Crippen LogP contribution in [0.3, 0.4) is 0 Å². The molecule has 0 saturated heterocycles. The first-order chi connectivity index (χ1) is 12.1. The van der Waals surface area contributed by atoms with Crippen molar-refractivity contribution in [3.8, 4) is 23.3 Å². The van der Waals surface area contributed by atoms with Crippen molar-refractivity contribution >= 4 is 17.7 Å². The second kappa shape index (κ2) is 8.41. The summed E-state index contributed by atoms with van der Waals surface area (Å²) in [5, 5.41) is 12.0. The number of rotatable bonds is 6. The van der Waals surface area contributed by atoms with Crippen LogP contribution in [0.5, 0.6) is 17.2 Å². The number of amides is 1. The topological polar surface area (TPSA) is 80.6 Å². The maximum Gasteiger partial charge on any atom is 0.266 e. The molecule has 1 N–H and O–H groups in total. The summed E-state index contributed by atoms with van der Waals surface area (Å²) < 4.78 is 15.7. The fraction of sp³-hybridized carbons (Fsp3) is 0.158. The Bertz CT molecular complexity index is 838. The molecule has 0 spiro atoms. The normalized spacial score (nSPS) is 10.6. The summed E-state index contributed by atoms with van der Waals surface area (Å²) in [7, 11) is 4.52. The highest BCUT2D eigenvalue weighted by atomic mass is 16.5. The molecule has 0 radical (unpaired) electrons. The number of nitrogens with zero attached hydrogens (tertiary/aromatic N) is 1. The molecule has 0 aliphatic heterocycles. The van der Waals surface area contributed by atoms with Crippen LogP contribution in [0.25, 0.3) is 6.08 Å². The Morgan fingerprint density at radius 1 is 1.00 bits per heavy atom. The standard InChI is InChI=1S/C19H18N2O4/c1-23-16-9-5-4-8-15(16)21-19(22)14(12-20)11-13-7-6-10-17(24-2)18(13)25-3/h4-11H,1-3H3,(H,21,22)/b14-11+. The van der Waals surface area contributed by atoms with Crippen LogP contribution in [0.1, 0.15) is 5.56 Å². The summed E-state index contributed by atoms with van der Waals surface area (Å²) in [5.74, 6) is 0.922. The van der Waals surface area contributed by atoms with E-state index in [1.54, 1.807) is 42.5 Å². The first-order valence-electron chi connectivity index (χ1n) is 7.41. The van der Waals surface area contributed by atoms with Crippen molar-refractivity contribution < 1.29 is 19.0 Å². The van der Waals surface area contributed by atoms with Crippen LogP contribution in [-0.4, -0.2) is 27.2 Å². The van der Waals surface area contributed by atoms with E-state index in [4.69, 9.17) is 14.2 Å². The van der Waals surface area contributed by atoms with E-state index >= 15 is 0 Å². The van der Waals surface area contributed by atoms with Gasteiger partial charge in [-0.1, -0.05) is 24.3 Å². The lowest BCUT2D eigenvalue weighted by atomic mass is 10.1. The number of nitrogens with one attached hydrogen (secondary N) is 1. The zero-order chi connectivity index (χ0) is 18.2. The predicted octanol–water partition coefficient (Wildman–Crippen LogP) is 3.26. The summed E-state index contributed by atoms with van der Waals surface area (Å²) in [6.45, 7) is 0. The van der Waals surface area contributed by atoms with Crippen molar-refractivity contribution in [2.24, 2.45) is 0 Å². The van der Waals surface area contributed by atoms with Gasteiger partial charge in [0.2, 0.25) is 0 Å². The number of hydrogen-bond donors (Lipinski definition) is 1. The van der Waals surface area contributed by atoms with Gasteiger partial charge in [0.25, 0.3) is 5.91 Å². The van der Waals surface area contributed by atoms with E-state index < -0.39 is 5.91 Å². The Balaban J connectivity index is 2.35. The van der Waals surface area contributed by atoms with Crippen molar-refractivity contribution in [1.82, 2.24) is 0 Å². The zero-order valence-electron chi connectivity index (χ0n) is 14.2. The van der Waals surface area contributed by atoms with E-state index in [9.17, 15) is 10.1 Å². The van der Waals surface area contributed by atoms with Crippen LogP contribution in [0.15, 0.2) is 48.0 Å². The predicted molar refractivity (Wildman–Crippen MR) is 94.8 cm³/mol. The second-order valence-corrected chi connectivity index (χ2v) is 4.91. The molecule has 25 heavy (non-hydrogen) atoms. The number of carbonyl (C=O) groups excluding carboxylic acids is 1.